The molecule has 0 amide bonds. The Labute approximate surface area is 108 Å². The van der Waals surface area contributed by atoms with Gasteiger partial charge in [-0.05, 0) is 22.5 Å². The number of aromatic nitrogens is 4. The summed E-state index contributed by atoms with van der Waals surface area (Å²) in [5.74, 6) is 0.647. The summed E-state index contributed by atoms with van der Waals surface area (Å²) in [6.07, 6.45) is 1.65. The number of aryl methyl sites for hydroxylation is 2. The van der Waals surface area contributed by atoms with Crippen LogP contribution in [0.4, 0.5) is 0 Å². The Hall–Kier alpha value is -1.21. The van der Waals surface area contributed by atoms with Crippen LogP contribution in [0.5, 0.6) is 0 Å². The predicted octanol–water partition coefficient (Wildman–Crippen LogP) is 1.57. The van der Waals surface area contributed by atoms with Gasteiger partial charge in [0.05, 0.1) is 11.7 Å². The number of oxazole rings is 1. The average Bonchev–Trinajstić information content (AvgIpc) is 2.84. The van der Waals surface area contributed by atoms with Crippen molar-refractivity contribution in [3.05, 3.63) is 28.1 Å². The van der Waals surface area contributed by atoms with Gasteiger partial charge in [-0.15, -0.1) is 5.10 Å². The minimum Gasteiger partial charge on any atom is -0.449 e. The van der Waals surface area contributed by atoms with Crippen LogP contribution >= 0.6 is 15.9 Å². The topological polar surface area (TPSA) is 68.8 Å². The van der Waals surface area contributed by atoms with Gasteiger partial charge >= 0.3 is 0 Å². The van der Waals surface area contributed by atoms with Crippen LogP contribution in [0.1, 0.15) is 30.2 Å². The third-order valence-electron chi connectivity index (χ3n) is 2.44. The molecule has 0 aliphatic carbocycles. The van der Waals surface area contributed by atoms with Gasteiger partial charge < -0.3 is 9.73 Å². The van der Waals surface area contributed by atoms with E-state index in [0.717, 1.165) is 17.9 Å². The Balaban J connectivity index is 2.42. The summed E-state index contributed by atoms with van der Waals surface area (Å²) in [5, 5.41) is 11.3. The maximum atomic E-state index is 5.25. The van der Waals surface area contributed by atoms with E-state index >= 15 is 0 Å². The monoisotopic (exact) mass is 299 g/mol. The molecule has 1 atom stereocenters. The van der Waals surface area contributed by atoms with Crippen LogP contribution < -0.4 is 5.32 Å². The first-order valence-corrected chi connectivity index (χ1v) is 6.13. The van der Waals surface area contributed by atoms with Crippen LogP contribution in [-0.4, -0.2) is 26.5 Å². The molecule has 0 aliphatic rings. The molecule has 2 heterocycles. The molecule has 1 N–H and O–H groups in total. The van der Waals surface area contributed by atoms with E-state index in [1.54, 1.807) is 10.9 Å². The van der Waals surface area contributed by atoms with Crippen LogP contribution in [0.3, 0.4) is 0 Å². The van der Waals surface area contributed by atoms with Gasteiger partial charge in [-0.1, -0.05) is 12.1 Å². The van der Waals surface area contributed by atoms with Gasteiger partial charge in [0.25, 0.3) is 0 Å². The second kappa shape index (κ2) is 4.97. The molecule has 6 nitrogen and oxygen atoms in total. The number of halogens is 1. The standard InChI is InChI=1S/C10H14BrN5O/c1-4-12-8(7-5-17-6(2)13-7)9-10(11)14-15-16(9)3/h5,8,12H,4H2,1-3H3. The van der Waals surface area contributed by atoms with Gasteiger partial charge in [0, 0.05) is 14.0 Å². The number of nitrogens with one attached hydrogen (secondary N) is 1. The molecule has 0 spiro atoms. The van der Waals surface area contributed by atoms with Crippen molar-refractivity contribution in [2.24, 2.45) is 7.05 Å². The molecule has 0 saturated carbocycles. The van der Waals surface area contributed by atoms with E-state index < -0.39 is 0 Å². The highest BCUT2D eigenvalue weighted by molar-refractivity contribution is 9.10. The fourth-order valence-corrected chi connectivity index (χ4v) is 2.26. The molecule has 17 heavy (non-hydrogen) atoms. The Bertz CT molecular complexity index is 487. The van der Waals surface area contributed by atoms with Crippen molar-refractivity contribution in [1.29, 1.82) is 0 Å². The van der Waals surface area contributed by atoms with Crippen LogP contribution in [0.25, 0.3) is 0 Å². The maximum absolute atomic E-state index is 5.25. The summed E-state index contributed by atoms with van der Waals surface area (Å²) in [6.45, 7) is 4.68. The zero-order chi connectivity index (χ0) is 12.4. The maximum Gasteiger partial charge on any atom is 0.191 e. The minimum atomic E-state index is -0.0770. The van der Waals surface area contributed by atoms with Crippen molar-refractivity contribution in [2.75, 3.05) is 6.54 Å². The van der Waals surface area contributed by atoms with Crippen LogP contribution in [-0.2, 0) is 7.05 Å². The third-order valence-corrected chi connectivity index (χ3v) is 3.01. The van der Waals surface area contributed by atoms with E-state index in [-0.39, 0.29) is 6.04 Å². The highest BCUT2D eigenvalue weighted by Crippen LogP contribution is 2.26. The molecular weight excluding hydrogens is 286 g/mol. The molecule has 0 aliphatic heterocycles. The predicted molar refractivity (Wildman–Crippen MR) is 65.5 cm³/mol. The van der Waals surface area contributed by atoms with E-state index in [1.165, 1.54) is 0 Å². The van der Waals surface area contributed by atoms with Crippen LogP contribution in [0, 0.1) is 6.92 Å². The number of hydrogen-bond donors (Lipinski definition) is 1. The highest BCUT2D eigenvalue weighted by atomic mass is 79.9. The van der Waals surface area contributed by atoms with E-state index in [4.69, 9.17) is 4.42 Å². The lowest BCUT2D eigenvalue weighted by atomic mass is 10.1. The van der Waals surface area contributed by atoms with E-state index in [2.05, 4.69) is 36.5 Å². The van der Waals surface area contributed by atoms with Crippen molar-refractivity contribution in [3.8, 4) is 0 Å². The Morgan fingerprint density at radius 2 is 2.35 bits per heavy atom. The zero-order valence-corrected chi connectivity index (χ0v) is 11.5. The Kier molecular flexibility index (Phi) is 3.58. The van der Waals surface area contributed by atoms with E-state index in [9.17, 15) is 0 Å². The quantitative estimate of drug-likeness (QED) is 0.928. The Morgan fingerprint density at radius 3 is 2.82 bits per heavy atom. The summed E-state index contributed by atoms with van der Waals surface area (Å²) in [6, 6.07) is -0.0770. The molecule has 2 aromatic rings. The SMILES string of the molecule is CCNC(c1coc(C)n1)c1c(Br)nnn1C. The van der Waals surface area contributed by atoms with Crippen molar-refractivity contribution >= 4 is 15.9 Å². The fourth-order valence-electron chi connectivity index (χ4n) is 1.70. The first kappa shape index (κ1) is 12.3. The molecule has 92 valence electrons. The van der Waals surface area contributed by atoms with Crippen molar-refractivity contribution in [1.82, 2.24) is 25.3 Å². The number of rotatable bonds is 4. The molecule has 0 radical (unpaired) electrons. The molecule has 0 fully saturated rings. The molecule has 0 bridgehead atoms. The van der Waals surface area contributed by atoms with Crippen LogP contribution in [0.2, 0.25) is 0 Å². The van der Waals surface area contributed by atoms with Crippen molar-refractivity contribution in [2.45, 2.75) is 19.9 Å². The van der Waals surface area contributed by atoms with Crippen LogP contribution in [0.15, 0.2) is 15.3 Å². The van der Waals surface area contributed by atoms with Gasteiger partial charge in [-0.25, -0.2) is 9.67 Å². The molecular formula is C10H14BrN5O. The first-order chi connectivity index (χ1) is 8.13. The van der Waals surface area contributed by atoms with E-state index in [1.807, 2.05) is 20.9 Å². The molecule has 1 unspecified atom stereocenters. The normalized spacial score (nSPS) is 12.9. The second-order valence-electron chi connectivity index (χ2n) is 3.67. The van der Waals surface area contributed by atoms with E-state index in [0.29, 0.717) is 10.5 Å². The average molecular weight is 300 g/mol. The summed E-state index contributed by atoms with van der Waals surface area (Å²) >= 11 is 3.40. The zero-order valence-electron chi connectivity index (χ0n) is 9.94. The Morgan fingerprint density at radius 1 is 1.59 bits per heavy atom. The van der Waals surface area contributed by atoms with Gasteiger partial charge in [0.15, 0.2) is 10.5 Å². The smallest absolute Gasteiger partial charge is 0.191 e. The van der Waals surface area contributed by atoms with Gasteiger partial charge in [0.2, 0.25) is 0 Å². The molecule has 0 aromatic carbocycles. The summed E-state index contributed by atoms with van der Waals surface area (Å²) in [4.78, 5) is 4.35. The lowest BCUT2D eigenvalue weighted by Gasteiger charge is -2.15. The van der Waals surface area contributed by atoms with Gasteiger partial charge in [-0.3, -0.25) is 0 Å². The number of hydrogen-bond acceptors (Lipinski definition) is 5. The van der Waals surface area contributed by atoms with Gasteiger partial charge in [-0.2, -0.15) is 0 Å². The first-order valence-electron chi connectivity index (χ1n) is 5.34. The lowest BCUT2D eigenvalue weighted by molar-refractivity contribution is 0.515. The van der Waals surface area contributed by atoms with Gasteiger partial charge in [0.1, 0.15) is 12.0 Å². The summed E-state index contributed by atoms with van der Waals surface area (Å²) in [5.41, 5.74) is 1.76. The molecule has 0 saturated heterocycles. The lowest BCUT2D eigenvalue weighted by Crippen LogP contribution is -2.25. The highest BCUT2D eigenvalue weighted by Gasteiger charge is 2.23. The summed E-state index contributed by atoms with van der Waals surface area (Å²) in [7, 11) is 1.85. The molecule has 7 heteroatoms. The van der Waals surface area contributed by atoms with Crippen molar-refractivity contribution < 1.29 is 4.42 Å². The minimum absolute atomic E-state index is 0.0770. The largest absolute Gasteiger partial charge is 0.449 e. The summed E-state index contributed by atoms with van der Waals surface area (Å²) < 4.78 is 7.69. The molecule has 2 rings (SSSR count). The van der Waals surface area contributed by atoms with Crippen molar-refractivity contribution in [3.63, 3.8) is 0 Å². The second-order valence-corrected chi connectivity index (χ2v) is 4.42. The molecule has 2 aromatic heterocycles. The fraction of sp³-hybridized carbons (Fsp3) is 0.500. The number of nitrogens with zero attached hydrogens (tertiary/aromatic N) is 4. The third kappa shape index (κ3) is 2.39.